The number of nitrogens with two attached hydrogens (primary N) is 1. The normalized spacial score (nSPS) is 10.5. The molecule has 5 heteroatoms. The van der Waals surface area contributed by atoms with Crippen LogP contribution < -0.4 is 5.73 Å². The SMILES string of the molecule is Cc1ccc(C(=O)c2cc(F)c(F)cc2Cl)cc1N. The molecule has 0 spiro atoms. The van der Waals surface area contributed by atoms with Gasteiger partial charge in [-0.1, -0.05) is 23.7 Å². The summed E-state index contributed by atoms with van der Waals surface area (Å²) < 4.78 is 26.1. The van der Waals surface area contributed by atoms with Crippen LogP contribution in [0, 0.1) is 18.6 Å². The summed E-state index contributed by atoms with van der Waals surface area (Å²) in [5.41, 5.74) is 7.17. The van der Waals surface area contributed by atoms with Crippen molar-refractivity contribution in [2.75, 3.05) is 5.73 Å². The second-order valence-electron chi connectivity index (χ2n) is 4.15. The number of carbonyl (C=O) groups is 1. The quantitative estimate of drug-likeness (QED) is 0.518. The number of benzene rings is 2. The Morgan fingerprint density at radius 3 is 2.42 bits per heavy atom. The second kappa shape index (κ2) is 4.97. The van der Waals surface area contributed by atoms with Crippen molar-refractivity contribution in [3.8, 4) is 0 Å². The number of anilines is 1. The van der Waals surface area contributed by atoms with E-state index in [4.69, 9.17) is 17.3 Å². The maximum absolute atomic E-state index is 13.2. The van der Waals surface area contributed by atoms with Gasteiger partial charge < -0.3 is 5.73 Å². The molecular formula is C14H10ClF2NO. The Morgan fingerprint density at radius 1 is 1.16 bits per heavy atom. The molecule has 2 aromatic carbocycles. The molecule has 0 aliphatic rings. The first-order chi connectivity index (χ1) is 8.90. The van der Waals surface area contributed by atoms with Gasteiger partial charge in [0.25, 0.3) is 0 Å². The maximum atomic E-state index is 13.2. The first-order valence-corrected chi connectivity index (χ1v) is 5.83. The average molecular weight is 282 g/mol. The third-order valence-electron chi connectivity index (χ3n) is 2.80. The highest BCUT2D eigenvalue weighted by atomic mass is 35.5. The van der Waals surface area contributed by atoms with E-state index in [0.717, 1.165) is 17.7 Å². The second-order valence-corrected chi connectivity index (χ2v) is 4.55. The molecule has 0 unspecified atom stereocenters. The van der Waals surface area contributed by atoms with Gasteiger partial charge in [0.05, 0.1) is 5.02 Å². The number of rotatable bonds is 2. The van der Waals surface area contributed by atoms with Crippen molar-refractivity contribution < 1.29 is 13.6 Å². The molecule has 0 atom stereocenters. The number of aryl methyl sites for hydroxylation is 1. The first kappa shape index (κ1) is 13.5. The van der Waals surface area contributed by atoms with Gasteiger partial charge in [0.2, 0.25) is 0 Å². The van der Waals surface area contributed by atoms with Gasteiger partial charge in [0.15, 0.2) is 17.4 Å². The maximum Gasteiger partial charge on any atom is 0.194 e. The highest BCUT2D eigenvalue weighted by Gasteiger charge is 2.17. The Labute approximate surface area is 113 Å². The molecule has 2 rings (SSSR count). The molecular weight excluding hydrogens is 272 g/mol. The summed E-state index contributed by atoms with van der Waals surface area (Å²) in [5.74, 6) is -2.71. The number of carbonyl (C=O) groups excluding carboxylic acids is 1. The van der Waals surface area contributed by atoms with E-state index in [0.29, 0.717) is 5.69 Å². The number of ketones is 1. The van der Waals surface area contributed by atoms with E-state index >= 15 is 0 Å². The largest absolute Gasteiger partial charge is 0.398 e. The van der Waals surface area contributed by atoms with Crippen LogP contribution in [0.4, 0.5) is 14.5 Å². The van der Waals surface area contributed by atoms with Crippen molar-refractivity contribution in [3.05, 3.63) is 63.7 Å². The van der Waals surface area contributed by atoms with Crippen LogP contribution in [0.1, 0.15) is 21.5 Å². The van der Waals surface area contributed by atoms with Gasteiger partial charge in [-0.25, -0.2) is 8.78 Å². The Kier molecular flexibility index (Phi) is 3.53. The van der Waals surface area contributed by atoms with Crippen LogP contribution in [0.5, 0.6) is 0 Å². The zero-order valence-corrected chi connectivity index (χ0v) is 10.8. The lowest BCUT2D eigenvalue weighted by Crippen LogP contribution is -2.05. The van der Waals surface area contributed by atoms with Crippen molar-refractivity contribution >= 4 is 23.1 Å². The Hall–Kier alpha value is -1.94. The van der Waals surface area contributed by atoms with E-state index in [1.165, 1.54) is 6.07 Å². The van der Waals surface area contributed by atoms with Crippen molar-refractivity contribution in [1.82, 2.24) is 0 Å². The third-order valence-corrected chi connectivity index (χ3v) is 3.11. The molecule has 0 saturated heterocycles. The summed E-state index contributed by atoms with van der Waals surface area (Å²) in [6.07, 6.45) is 0. The number of halogens is 3. The molecule has 0 bridgehead atoms. The molecule has 98 valence electrons. The van der Waals surface area contributed by atoms with Crippen molar-refractivity contribution in [2.45, 2.75) is 6.92 Å². The molecule has 0 aliphatic heterocycles. The van der Waals surface area contributed by atoms with E-state index in [1.807, 2.05) is 0 Å². The topological polar surface area (TPSA) is 43.1 Å². The zero-order valence-electron chi connectivity index (χ0n) is 10.0. The van der Waals surface area contributed by atoms with Crippen molar-refractivity contribution in [2.24, 2.45) is 0 Å². The molecule has 2 nitrogen and oxygen atoms in total. The van der Waals surface area contributed by atoms with Gasteiger partial charge in [-0.2, -0.15) is 0 Å². The summed E-state index contributed by atoms with van der Waals surface area (Å²) in [7, 11) is 0. The monoisotopic (exact) mass is 281 g/mol. The number of hydrogen-bond acceptors (Lipinski definition) is 2. The molecule has 0 saturated carbocycles. The molecule has 2 N–H and O–H groups in total. The minimum absolute atomic E-state index is 0.0937. The Morgan fingerprint density at radius 2 is 1.79 bits per heavy atom. The van der Waals surface area contributed by atoms with E-state index in [-0.39, 0.29) is 16.1 Å². The van der Waals surface area contributed by atoms with Gasteiger partial charge in [0, 0.05) is 16.8 Å². The van der Waals surface area contributed by atoms with Crippen LogP contribution in [0.2, 0.25) is 5.02 Å². The molecule has 0 radical (unpaired) electrons. The van der Waals surface area contributed by atoms with E-state index in [2.05, 4.69) is 0 Å². The molecule has 0 aliphatic carbocycles. The van der Waals surface area contributed by atoms with E-state index < -0.39 is 17.4 Å². The molecule has 0 amide bonds. The third kappa shape index (κ3) is 2.58. The van der Waals surface area contributed by atoms with E-state index in [9.17, 15) is 13.6 Å². The molecule has 0 heterocycles. The Bertz CT molecular complexity index is 671. The van der Waals surface area contributed by atoms with Crippen LogP contribution in [-0.2, 0) is 0 Å². The van der Waals surface area contributed by atoms with Gasteiger partial charge in [-0.15, -0.1) is 0 Å². The Balaban J connectivity index is 2.49. The summed E-state index contributed by atoms with van der Waals surface area (Å²) in [4.78, 5) is 12.2. The summed E-state index contributed by atoms with van der Waals surface area (Å²) in [5, 5.41) is -0.136. The molecule has 0 aromatic heterocycles. The van der Waals surface area contributed by atoms with Crippen LogP contribution in [0.25, 0.3) is 0 Å². The standard InChI is InChI=1S/C14H10ClF2NO/c1-7-2-3-8(4-13(7)18)14(19)9-5-11(16)12(17)6-10(9)15/h2-6H,18H2,1H3. The van der Waals surface area contributed by atoms with Gasteiger partial charge in [-0.05, 0) is 30.7 Å². The fraction of sp³-hybridized carbons (Fsp3) is 0.0714. The highest BCUT2D eigenvalue weighted by Crippen LogP contribution is 2.24. The van der Waals surface area contributed by atoms with E-state index in [1.54, 1.807) is 19.1 Å². The summed E-state index contributed by atoms with van der Waals surface area (Å²) in [6, 6.07) is 6.29. The molecule has 0 fully saturated rings. The lowest BCUT2D eigenvalue weighted by molar-refractivity contribution is 0.103. The van der Waals surface area contributed by atoms with Crippen LogP contribution in [0.15, 0.2) is 30.3 Å². The van der Waals surface area contributed by atoms with Crippen molar-refractivity contribution in [3.63, 3.8) is 0 Å². The van der Waals surface area contributed by atoms with Crippen molar-refractivity contribution in [1.29, 1.82) is 0 Å². The average Bonchev–Trinajstić information content (AvgIpc) is 2.36. The number of nitrogen functional groups attached to an aromatic ring is 1. The smallest absolute Gasteiger partial charge is 0.194 e. The fourth-order valence-electron chi connectivity index (χ4n) is 1.63. The lowest BCUT2D eigenvalue weighted by atomic mass is 10.0. The van der Waals surface area contributed by atoms with Crippen LogP contribution >= 0.6 is 11.6 Å². The lowest BCUT2D eigenvalue weighted by Gasteiger charge is -2.07. The fourth-order valence-corrected chi connectivity index (χ4v) is 1.87. The van der Waals surface area contributed by atoms with Gasteiger partial charge in [0.1, 0.15) is 0 Å². The molecule has 2 aromatic rings. The van der Waals surface area contributed by atoms with Crippen LogP contribution in [0.3, 0.4) is 0 Å². The predicted molar refractivity (Wildman–Crippen MR) is 70.4 cm³/mol. The minimum Gasteiger partial charge on any atom is -0.398 e. The first-order valence-electron chi connectivity index (χ1n) is 5.45. The van der Waals surface area contributed by atoms with Gasteiger partial charge >= 0.3 is 0 Å². The summed E-state index contributed by atoms with van der Waals surface area (Å²) >= 11 is 5.76. The zero-order chi connectivity index (χ0) is 14.2. The van der Waals surface area contributed by atoms with Crippen LogP contribution in [-0.4, -0.2) is 5.78 Å². The predicted octanol–water partition coefficient (Wildman–Crippen LogP) is 3.74. The van der Waals surface area contributed by atoms with Gasteiger partial charge in [-0.3, -0.25) is 4.79 Å². The molecule has 19 heavy (non-hydrogen) atoms. The minimum atomic E-state index is -1.12. The number of hydrogen-bond donors (Lipinski definition) is 1. The highest BCUT2D eigenvalue weighted by molar-refractivity contribution is 6.35. The summed E-state index contributed by atoms with van der Waals surface area (Å²) in [6.45, 7) is 1.80.